The van der Waals surface area contributed by atoms with E-state index in [0.717, 1.165) is 30.5 Å². The van der Waals surface area contributed by atoms with Gasteiger partial charge < -0.3 is 9.47 Å². The molecule has 1 aromatic carbocycles. The molecule has 2 aliphatic rings. The normalized spacial score (nSPS) is 22.2. The highest BCUT2D eigenvalue weighted by atomic mass is 16.2. The molecule has 2 aromatic heterocycles. The number of rotatable bonds is 5. The van der Waals surface area contributed by atoms with E-state index in [4.69, 9.17) is 0 Å². The van der Waals surface area contributed by atoms with Gasteiger partial charge in [-0.25, -0.2) is 4.68 Å². The van der Waals surface area contributed by atoms with Crippen LogP contribution >= 0.6 is 0 Å². The third-order valence-electron chi connectivity index (χ3n) is 6.61. The van der Waals surface area contributed by atoms with Gasteiger partial charge in [0.25, 0.3) is 11.5 Å². The van der Waals surface area contributed by atoms with Crippen molar-refractivity contribution < 1.29 is 4.79 Å². The smallest absolute Gasteiger partial charge is 0.253 e. The summed E-state index contributed by atoms with van der Waals surface area (Å²) in [7, 11) is 0. The highest BCUT2D eigenvalue weighted by molar-refractivity contribution is 5.94. The minimum absolute atomic E-state index is 0.0608. The van der Waals surface area contributed by atoms with Gasteiger partial charge in [-0.3, -0.25) is 9.59 Å². The number of tetrazole rings is 1. The number of fused-ring (bicyclic) bond motifs is 4. The van der Waals surface area contributed by atoms with Gasteiger partial charge in [-0.2, -0.15) is 0 Å². The molecule has 0 spiro atoms. The third-order valence-corrected chi connectivity index (χ3v) is 6.61. The van der Waals surface area contributed by atoms with E-state index in [9.17, 15) is 9.59 Å². The number of amides is 1. The highest BCUT2D eigenvalue weighted by Gasteiger charge is 2.41. The maximum atomic E-state index is 13.3. The van der Waals surface area contributed by atoms with E-state index in [-0.39, 0.29) is 23.4 Å². The van der Waals surface area contributed by atoms with Crippen LogP contribution in [-0.2, 0) is 6.54 Å². The van der Waals surface area contributed by atoms with Crippen molar-refractivity contribution in [1.82, 2.24) is 29.7 Å². The molecule has 4 heterocycles. The molecular weight excluding hydrogens is 392 g/mol. The van der Waals surface area contributed by atoms with E-state index in [0.29, 0.717) is 31.1 Å². The fraction of sp³-hybridized carbons (Fsp3) is 0.435. The van der Waals surface area contributed by atoms with Crippen LogP contribution < -0.4 is 5.56 Å². The highest BCUT2D eigenvalue weighted by Crippen LogP contribution is 2.43. The molecule has 0 aliphatic carbocycles. The van der Waals surface area contributed by atoms with Crippen molar-refractivity contribution in [3.63, 3.8) is 0 Å². The lowest BCUT2D eigenvalue weighted by atomic mass is 9.77. The first-order valence-electron chi connectivity index (χ1n) is 10.9. The first-order valence-corrected chi connectivity index (χ1v) is 10.9. The Labute approximate surface area is 180 Å². The van der Waals surface area contributed by atoms with E-state index in [2.05, 4.69) is 28.5 Å². The molecule has 3 aromatic rings. The molecule has 0 radical (unpaired) electrons. The van der Waals surface area contributed by atoms with Gasteiger partial charge in [0.2, 0.25) is 0 Å². The van der Waals surface area contributed by atoms with Crippen molar-refractivity contribution in [1.29, 1.82) is 0 Å². The van der Waals surface area contributed by atoms with Gasteiger partial charge >= 0.3 is 0 Å². The lowest BCUT2D eigenvalue weighted by molar-refractivity contribution is 0.0518. The zero-order valence-electron chi connectivity index (χ0n) is 17.6. The maximum absolute atomic E-state index is 13.3. The van der Waals surface area contributed by atoms with Gasteiger partial charge in [0.1, 0.15) is 6.33 Å². The van der Waals surface area contributed by atoms with E-state index in [1.165, 1.54) is 0 Å². The summed E-state index contributed by atoms with van der Waals surface area (Å²) in [5.74, 6) is 0.587. The van der Waals surface area contributed by atoms with Crippen molar-refractivity contribution >= 4 is 5.91 Å². The van der Waals surface area contributed by atoms with Crippen LogP contribution in [0.25, 0.3) is 0 Å². The summed E-state index contributed by atoms with van der Waals surface area (Å²) >= 11 is 0. The Morgan fingerprint density at radius 3 is 2.71 bits per heavy atom. The summed E-state index contributed by atoms with van der Waals surface area (Å²) < 4.78 is 3.66. The summed E-state index contributed by atoms with van der Waals surface area (Å²) in [4.78, 5) is 27.9. The van der Waals surface area contributed by atoms with E-state index < -0.39 is 0 Å². The average Bonchev–Trinajstić information content (AvgIpc) is 3.30. The van der Waals surface area contributed by atoms with E-state index in [1.807, 2.05) is 39.8 Å². The van der Waals surface area contributed by atoms with Crippen LogP contribution in [0.4, 0.5) is 0 Å². The fourth-order valence-electron chi connectivity index (χ4n) is 5.25. The van der Waals surface area contributed by atoms with Crippen molar-refractivity contribution in [3.05, 3.63) is 76.0 Å². The average molecular weight is 419 g/mol. The van der Waals surface area contributed by atoms with E-state index >= 15 is 0 Å². The molecule has 1 saturated heterocycles. The summed E-state index contributed by atoms with van der Waals surface area (Å²) in [6.07, 6.45) is 4.59. The largest absolute Gasteiger partial charge is 0.338 e. The number of likely N-dealkylation sites (tertiary alicyclic amines) is 1. The molecule has 2 bridgehead atoms. The second-order valence-corrected chi connectivity index (χ2v) is 8.62. The molecule has 8 heteroatoms. The molecule has 0 N–H and O–H groups in total. The third kappa shape index (κ3) is 3.66. The quantitative estimate of drug-likeness (QED) is 0.635. The maximum Gasteiger partial charge on any atom is 0.253 e. The minimum atomic E-state index is 0.0608. The number of hydrogen-bond donors (Lipinski definition) is 0. The Kier molecular flexibility index (Phi) is 5.13. The van der Waals surface area contributed by atoms with Crippen LogP contribution in [0, 0.1) is 5.92 Å². The van der Waals surface area contributed by atoms with Gasteiger partial charge in [-0.1, -0.05) is 31.5 Å². The first-order chi connectivity index (χ1) is 15.1. The summed E-state index contributed by atoms with van der Waals surface area (Å²) in [6, 6.07) is 13.4. The summed E-state index contributed by atoms with van der Waals surface area (Å²) in [6.45, 7) is 4.08. The van der Waals surface area contributed by atoms with Crippen LogP contribution in [-0.4, -0.2) is 48.7 Å². The van der Waals surface area contributed by atoms with Crippen LogP contribution in [0.15, 0.2) is 53.6 Å². The molecule has 3 atom stereocenters. The Morgan fingerprint density at radius 1 is 1.13 bits per heavy atom. The predicted octanol–water partition coefficient (Wildman–Crippen LogP) is 2.48. The van der Waals surface area contributed by atoms with Crippen molar-refractivity contribution in [2.24, 2.45) is 5.92 Å². The Morgan fingerprint density at radius 2 is 1.97 bits per heavy atom. The van der Waals surface area contributed by atoms with Crippen LogP contribution in [0.5, 0.6) is 0 Å². The first kappa shape index (κ1) is 19.7. The van der Waals surface area contributed by atoms with Gasteiger partial charge in [0.05, 0.1) is 6.54 Å². The van der Waals surface area contributed by atoms with Crippen molar-refractivity contribution in [2.45, 2.75) is 44.7 Å². The minimum Gasteiger partial charge on any atom is -0.338 e. The van der Waals surface area contributed by atoms with E-state index in [1.54, 1.807) is 17.1 Å². The van der Waals surface area contributed by atoms with Crippen LogP contribution in [0.1, 0.15) is 59.8 Å². The second-order valence-electron chi connectivity index (χ2n) is 8.62. The van der Waals surface area contributed by atoms with Gasteiger partial charge in [-0.05, 0) is 52.9 Å². The molecular formula is C23H26N6O2. The van der Waals surface area contributed by atoms with Gasteiger partial charge in [-0.15, -0.1) is 5.10 Å². The molecule has 1 fully saturated rings. The predicted molar refractivity (Wildman–Crippen MR) is 115 cm³/mol. The lowest BCUT2D eigenvalue weighted by Gasteiger charge is -2.47. The Balaban J connectivity index is 1.37. The molecule has 0 saturated carbocycles. The molecule has 8 nitrogen and oxygen atoms in total. The van der Waals surface area contributed by atoms with Crippen molar-refractivity contribution in [2.75, 3.05) is 13.1 Å². The number of piperidine rings is 1. The number of hydrogen-bond acceptors (Lipinski definition) is 5. The number of aromatic nitrogens is 5. The fourth-order valence-corrected chi connectivity index (χ4v) is 5.25. The summed E-state index contributed by atoms with van der Waals surface area (Å²) in [5.41, 5.74) is 2.90. The van der Waals surface area contributed by atoms with Crippen LogP contribution in [0.2, 0.25) is 0 Å². The number of carbonyl (C=O) groups is 1. The van der Waals surface area contributed by atoms with Crippen molar-refractivity contribution in [3.8, 4) is 0 Å². The molecule has 160 valence electrons. The monoisotopic (exact) mass is 418 g/mol. The zero-order valence-corrected chi connectivity index (χ0v) is 17.6. The number of benzene rings is 1. The molecule has 1 amide bonds. The SMILES string of the molecule is CCC[C@H]1[C@H]2C[C@H](CN(C(=O)c3ccc(Cn4cnnn4)cc3)C2)c2cccc(=O)n21. The summed E-state index contributed by atoms with van der Waals surface area (Å²) in [5, 5.41) is 11.2. The molecule has 31 heavy (non-hydrogen) atoms. The van der Waals surface area contributed by atoms with Crippen LogP contribution in [0.3, 0.4) is 0 Å². The van der Waals surface area contributed by atoms with Gasteiger partial charge in [0, 0.05) is 42.4 Å². The Hall–Kier alpha value is -3.29. The molecule has 2 aliphatic heterocycles. The Bertz CT molecular complexity index is 1120. The number of nitrogens with zero attached hydrogens (tertiary/aromatic N) is 6. The number of carbonyl (C=O) groups excluding carboxylic acids is 1. The lowest BCUT2D eigenvalue weighted by Crippen LogP contribution is -2.51. The number of pyridine rings is 1. The zero-order chi connectivity index (χ0) is 21.4. The van der Waals surface area contributed by atoms with Gasteiger partial charge in [0.15, 0.2) is 0 Å². The standard InChI is InChI=1S/C23H26N6O2/c1-2-4-20-18-11-19(21-5-3-6-22(30)29(20)21)14-27(13-18)23(31)17-9-7-16(8-10-17)12-28-15-24-25-26-28/h3,5-10,15,18-20H,2,4,11-14H2,1H3/t18-,19+,20-/m0/s1. The molecule has 5 rings (SSSR count). The molecule has 0 unspecified atom stereocenters. The topological polar surface area (TPSA) is 85.9 Å². The second kappa shape index (κ2) is 8.09.